The zero-order valence-corrected chi connectivity index (χ0v) is 13.4. The van der Waals surface area contributed by atoms with Crippen LogP contribution >= 0.6 is 0 Å². The Hall–Kier alpha value is -2.29. The highest BCUT2D eigenvalue weighted by Gasteiger charge is 2.04. The smallest absolute Gasteiger partial charge is 0.257 e. The molecule has 0 fully saturated rings. The van der Waals surface area contributed by atoms with Gasteiger partial charge in [-0.3, -0.25) is 4.79 Å². The normalized spacial score (nSPS) is 10.5. The number of benzene rings is 2. The van der Waals surface area contributed by atoms with Gasteiger partial charge in [0.2, 0.25) is 0 Å². The maximum atomic E-state index is 11.6. The largest absolute Gasteiger partial charge is 0.484 e. The summed E-state index contributed by atoms with van der Waals surface area (Å²) in [4.78, 5) is 11.6. The summed E-state index contributed by atoms with van der Waals surface area (Å²) in [5.74, 6) is 1.06. The number of carbonyl (C=O) groups excluding carboxylic acids is 1. The van der Waals surface area contributed by atoms with Gasteiger partial charge in [-0.25, -0.2) is 0 Å². The first kappa shape index (κ1) is 16.1. The van der Waals surface area contributed by atoms with Crippen molar-refractivity contribution in [3.8, 4) is 16.9 Å². The van der Waals surface area contributed by atoms with Crippen LogP contribution in [0.25, 0.3) is 11.1 Å². The van der Waals surface area contributed by atoms with Crippen LogP contribution in [0.15, 0.2) is 48.5 Å². The molecule has 3 nitrogen and oxygen atoms in total. The second-order valence-corrected chi connectivity index (χ2v) is 5.88. The molecule has 0 bridgehead atoms. The lowest BCUT2D eigenvalue weighted by atomic mass is 10.0. The van der Waals surface area contributed by atoms with Gasteiger partial charge in [0.15, 0.2) is 6.61 Å². The Morgan fingerprint density at radius 3 is 2.09 bits per heavy atom. The summed E-state index contributed by atoms with van der Waals surface area (Å²) in [6.07, 6.45) is 0. The molecule has 3 heteroatoms. The molecule has 0 saturated heterocycles. The number of hydrogen-bond donors (Lipinski definition) is 1. The molecule has 0 aliphatic heterocycles. The molecular weight excluding hydrogens is 274 g/mol. The average Bonchev–Trinajstić information content (AvgIpc) is 2.52. The van der Waals surface area contributed by atoms with Crippen LogP contribution in [-0.2, 0) is 4.79 Å². The number of amides is 1. The first-order chi connectivity index (χ1) is 10.5. The summed E-state index contributed by atoms with van der Waals surface area (Å²) < 4.78 is 5.50. The molecule has 2 rings (SSSR count). The lowest BCUT2D eigenvalue weighted by Crippen LogP contribution is -2.31. The van der Waals surface area contributed by atoms with Crippen molar-refractivity contribution in [2.75, 3.05) is 13.2 Å². The third kappa shape index (κ3) is 4.92. The molecule has 2 aromatic carbocycles. The van der Waals surface area contributed by atoms with Gasteiger partial charge in [-0.2, -0.15) is 0 Å². The monoisotopic (exact) mass is 297 g/mol. The van der Waals surface area contributed by atoms with E-state index in [9.17, 15) is 4.79 Å². The van der Waals surface area contributed by atoms with Crippen LogP contribution in [0, 0.1) is 12.8 Å². The number of rotatable bonds is 6. The molecule has 0 atom stereocenters. The Balaban J connectivity index is 1.89. The van der Waals surface area contributed by atoms with E-state index in [-0.39, 0.29) is 12.5 Å². The molecular formula is C19H23NO2. The van der Waals surface area contributed by atoms with Gasteiger partial charge in [-0.15, -0.1) is 0 Å². The lowest BCUT2D eigenvalue weighted by Gasteiger charge is -2.09. The van der Waals surface area contributed by atoms with Crippen molar-refractivity contribution >= 4 is 5.91 Å². The van der Waals surface area contributed by atoms with Crippen molar-refractivity contribution in [3.05, 3.63) is 54.1 Å². The lowest BCUT2D eigenvalue weighted by molar-refractivity contribution is -0.123. The van der Waals surface area contributed by atoms with Gasteiger partial charge < -0.3 is 10.1 Å². The Kier molecular flexibility index (Phi) is 5.59. The third-order valence-electron chi connectivity index (χ3n) is 3.32. The first-order valence-corrected chi connectivity index (χ1v) is 7.61. The van der Waals surface area contributed by atoms with Crippen molar-refractivity contribution in [2.24, 2.45) is 5.92 Å². The molecule has 0 aliphatic carbocycles. The molecule has 0 spiro atoms. The van der Waals surface area contributed by atoms with E-state index in [4.69, 9.17) is 4.74 Å². The Morgan fingerprint density at radius 2 is 1.55 bits per heavy atom. The number of nitrogens with one attached hydrogen (secondary N) is 1. The fourth-order valence-corrected chi connectivity index (χ4v) is 2.01. The molecule has 22 heavy (non-hydrogen) atoms. The Morgan fingerprint density at radius 1 is 1.00 bits per heavy atom. The van der Waals surface area contributed by atoms with E-state index in [0.717, 1.165) is 5.56 Å². The first-order valence-electron chi connectivity index (χ1n) is 7.61. The molecule has 2 aromatic rings. The predicted molar refractivity (Wildman–Crippen MR) is 90.0 cm³/mol. The second kappa shape index (κ2) is 7.64. The van der Waals surface area contributed by atoms with E-state index in [1.165, 1.54) is 11.1 Å². The molecule has 1 N–H and O–H groups in total. The zero-order chi connectivity index (χ0) is 15.9. The summed E-state index contributed by atoms with van der Waals surface area (Å²) in [7, 11) is 0. The number of ether oxygens (including phenoxy) is 1. The number of aryl methyl sites for hydroxylation is 1. The molecule has 0 aliphatic rings. The highest BCUT2D eigenvalue weighted by atomic mass is 16.5. The van der Waals surface area contributed by atoms with Crippen LogP contribution in [0.1, 0.15) is 19.4 Å². The Bertz CT molecular complexity index is 600. The third-order valence-corrected chi connectivity index (χ3v) is 3.32. The summed E-state index contributed by atoms with van der Waals surface area (Å²) in [6, 6.07) is 16.2. The van der Waals surface area contributed by atoms with E-state index in [1.807, 2.05) is 24.3 Å². The maximum Gasteiger partial charge on any atom is 0.257 e. The number of carbonyl (C=O) groups is 1. The molecule has 0 unspecified atom stereocenters. The van der Waals surface area contributed by atoms with Crippen molar-refractivity contribution in [1.82, 2.24) is 5.32 Å². The summed E-state index contributed by atoms with van der Waals surface area (Å²) in [5, 5.41) is 2.83. The van der Waals surface area contributed by atoms with E-state index in [2.05, 4.69) is 50.4 Å². The van der Waals surface area contributed by atoms with Crippen LogP contribution in [0.3, 0.4) is 0 Å². The highest BCUT2D eigenvalue weighted by Crippen LogP contribution is 2.22. The number of hydrogen-bond acceptors (Lipinski definition) is 2. The van der Waals surface area contributed by atoms with Gasteiger partial charge >= 0.3 is 0 Å². The zero-order valence-electron chi connectivity index (χ0n) is 13.4. The minimum absolute atomic E-state index is 0.0522. The van der Waals surface area contributed by atoms with Crippen LogP contribution in [0.5, 0.6) is 5.75 Å². The summed E-state index contributed by atoms with van der Waals surface area (Å²) in [6.45, 7) is 6.92. The van der Waals surface area contributed by atoms with Crippen LogP contribution in [0.2, 0.25) is 0 Å². The molecule has 116 valence electrons. The van der Waals surface area contributed by atoms with Crippen LogP contribution in [-0.4, -0.2) is 19.1 Å². The molecule has 1 amide bonds. The van der Waals surface area contributed by atoms with Crippen molar-refractivity contribution in [1.29, 1.82) is 0 Å². The molecule has 0 aromatic heterocycles. The predicted octanol–water partition coefficient (Wildman–Crippen LogP) is 3.81. The van der Waals surface area contributed by atoms with Gasteiger partial charge in [0.1, 0.15) is 5.75 Å². The minimum Gasteiger partial charge on any atom is -0.484 e. The van der Waals surface area contributed by atoms with Crippen molar-refractivity contribution < 1.29 is 9.53 Å². The summed E-state index contributed by atoms with van der Waals surface area (Å²) in [5.41, 5.74) is 3.56. The van der Waals surface area contributed by atoms with Crippen LogP contribution in [0.4, 0.5) is 0 Å². The fraction of sp³-hybridized carbons (Fsp3) is 0.316. The fourth-order valence-electron chi connectivity index (χ4n) is 2.01. The standard InChI is InChI=1S/C19H23NO2/c1-14(2)12-20-19(21)13-22-18-10-8-17(9-11-18)16-6-4-15(3)5-7-16/h4-11,14H,12-13H2,1-3H3,(H,20,21). The topological polar surface area (TPSA) is 38.3 Å². The highest BCUT2D eigenvalue weighted by molar-refractivity contribution is 5.77. The molecule has 0 radical (unpaired) electrons. The quantitative estimate of drug-likeness (QED) is 0.880. The molecule has 0 heterocycles. The van der Waals surface area contributed by atoms with E-state index >= 15 is 0 Å². The molecule has 0 saturated carbocycles. The van der Waals surface area contributed by atoms with Gasteiger partial charge in [-0.05, 0) is 36.1 Å². The maximum absolute atomic E-state index is 11.6. The van der Waals surface area contributed by atoms with E-state index in [0.29, 0.717) is 18.2 Å². The summed E-state index contributed by atoms with van der Waals surface area (Å²) >= 11 is 0. The minimum atomic E-state index is -0.0867. The van der Waals surface area contributed by atoms with Gasteiger partial charge in [0, 0.05) is 6.54 Å². The van der Waals surface area contributed by atoms with Gasteiger partial charge in [0.25, 0.3) is 5.91 Å². The SMILES string of the molecule is Cc1ccc(-c2ccc(OCC(=O)NCC(C)C)cc2)cc1. The van der Waals surface area contributed by atoms with Crippen molar-refractivity contribution in [2.45, 2.75) is 20.8 Å². The van der Waals surface area contributed by atoms with Gasteiger partial charge in [-0.1, -0.05) is 55.8 Å². The van der Waals surface area contributed by atoms with E-state index < -0.39 is 0 Å². The van der Waals surface area contributed by atoms with Crippen molar-refractivity contribution in [3.63, 3.8) is 0 Å². The Labute approximate surface area is 132 Å². The van der Waals surface area contributed by atoms with Gasteiger partial charge in [0.05, 0.1) is 0 Å². The van der Waals surface area contributed by atoms with E-state index in [1.54, 1.807) is 0 Å². The second-order valence-electron chi connectivity index (χ2n) is 5.88. The average molecular weight is 297 g/mol. The van der Waals surface area contributed by atoms with Crippen LogP contribution < -0.4 is 10.1 Å².